The molecule has 0 bridgehead atoms. The Hall–Kier alpha value is -1.07. The van der Waals surface area contributed by atoms with Gasteiger partial charge in [0.15, 0.2) is 6.29 Å². The molecule has 0 saturated carbocycles. The second kappa shape index (κ2) is 49.5. The zero-order chi connectivity index (χ0) is 49.4. The van der Waals surface area contributed by atoms with Gasteiger partial charge in [-0.2, -0.15) is 0 Å². The van der Waals surface area contributed by atoms with Crippen LogP contribution in [0.5, 0.6) is 0 Å². The van der Waals surface area contributed by atoms with Crippen LogP contribution < -0.4 is 5.32 Å². The molecule has 68 heavy (non-hydrogen) atoms. The third kappa shape index (κ3) is 38.6. The molecule has 1 aliphatic heterocycles. The molecule has 1 heterocycles. The van der Waals surface area contributed by atoms with Gasteiger partial charge >= 0.3 is 0 Å². The van der Waals surface area contributed by atoms with Crippen LogP contribution in [0.25, 0.3) is 0 Å². The molecule has 9 heteroatoms. The van der Waals surface area contributed by atoms with Crippen molar-refractivity contribution in [1.82, 2.24) is 5.32 Å². The third-order valence-electron chi connectivity index (χ3n) is 14.6. The molecule has 1 amide bonds. The second-order valence-corrected chi connectivity index (χ2v) is 21.1. The van der Waals surface area contributed by atoms with Crippen molar-refractivity contribution in [1.29, 1.82) is 0 Å². The Bertz CT molecular complexity index is 1080. The van der Waals surface area contributed by atoms with Crippen molar-refractivity contribution in [2.24, 2.45) is 0 Å². The predicted molar refractivity (Wildman–Crippen MR) is 286 cm³/mol. The van der Waals surface area contributed by atoms with Crippen LogP contribution in [-0.4, -0.2) is 87.5 Å². The zero-order valence-electron chi connectivity index (χ0n) is 44.9. The van der Waals surface area contributed by atoms with Crippen molar-refractivity contribution in [3.63, 3.8) is 0 Å². The molecule has 1 saturated heterocycles. The van der Waals surface area contributed by atoms with E-state index in [0.29, 0.717) is 12.8 Å². The van der Waals surface area contributed by atoms with E-state index in [-0.39, 0.29) is 12.5 Å². The first kappa shape index (κ1) is 64.9. The fourth-order valence-corrected chi connectivity index (χ4v) is 9.87. The van der Waals surface area contributed by atoms with Crippen molar-refractivity contribution in [2.45, 2.75) is 346 Å². The summed E-state index contributed by atoms with van der Waals surface area (Å²) in [5.74, 6) is -0.148. The number of amides is 1. The number of hydrogen-bond acceptors (Lipinski definition) is 8. The van der Waals surface area contributed by atoms with E-state index < -0.39 is 49.5 Å². The summed E-state index contributed by atoms with van der Waals surface area (Å²) in [6, 6.07) is -0.721. The van der Waals surface area contributed by atoms with Crippen molar-refractivity contribution in [3.8, 4) is 0 Å². The molecule has 6 N–H and O–H groups in total. The minimum Gasteiger partial charge on any atom is -0.394 e. The summed E-state index contributed by atoms with van der Waals surface area (Å²) in [6.07, 6.45) is 54.0. The fourth-order valence-electron chi connectivity index (χ4n) is 9.87. The molecule has 7 atom stereocenters. The molecule has 0 aromatic heterocycles. The molecule has 9 nitrogen and oxygen atoms in total. The lowest BCUT2D eigenvalue weighted by molar-refractivity contribution is -0.302. The van der Waals surface area contributed by atoms with E-state index in [1.54, 1.807) is 0 Å². The topological polar surface area (TPSA) is 149 Å². The van der Waals surface area contributed by atoms with Crippen LogP contribution in [0.2, 0.25) is 0 Å². The van der Waals surface area contributed by atoms with Gasteiger partial charge < -0.3 is 40.3 Å². The molecule has 404 valence electrons. The summed E-state index contributed by atoms with van der Waals surface area (Å²) >= 11 is 0. The van der Waals surface area contributed by atoms with Crippen LogP contribution >= 0.6 is 0 Å². The van der Waals surface area contributed by atoms with Crippen molar-refractivity contribution in [3.05, 3.63) is 12.2 Å². The summed E-state index contributed by atoms with van der Waals surface area (Å²) in [7, 11) is 0. The van der Waals surface area contributed by atoms with Crippen LogP contribution in [0.4, 0.5) is 0 Å². The van der Waals surface area contributed by atoms with Gasteiger partial charge in [0.2, 0.25) is 5.91 Å². The molecule has 0 spiro atoms. The minimum atomic E-state index is -1.55. The number of aliphatic hydroxyl groups excluding tert-OH is 5. The van der Waals surface area contributed by atoms with Crippen LogP contribution in [0, 0.1) is 0 Å². The van der Waals surface area contributed by atoms with Crippen LogP contribution in [0.15, 0.2) is 12.2 Å². The Morgan fingerprint density at radius 3 is 1.19 bits per heavy atom. The molecule has 0 aromatic carbocycles. The Morgan fingerprint density at radius 2 is 0.824 bits per heavy atom. The summed E-state index contributed by atoms with van der Waals surface area (Å²) in [5.41, 5.74) is 0. The first-order valence-corrected chi connectivity index (χ1v) is 29.9. The van der Waals surface area contributed by atoms with E-state index >= 15 is 0 Å². The van der Waals surface area contributed by atoms with E-state index in [2.05, 4.69) is 31.3 Å². The van der Waals surface area contributed by atoms with Gasteiger partial charge in [-0.3, -0.25) is 4.79 Å². The van der Waals surface area contributed by atoms with Gasteiger partial charge in [0, 0.05) is 6.42 Å². The van der Waals surface area contributed by atoms with E-state index in [1.165, 1.54) is 225 Å². The maximum atomic E-state index is 13.0. The number of hydrogen-bond donors (Lipinski definition) is 6. The highest BCUT2D eigenvalue weighted by atomic mass is 16.7. The molecule has 1 aliphatic rings. The number of allylic oxidation sites excluding steroid dienone is 2. The number of nitrogens with one attached hydrogen (secondary N) is 1. The Kier molecular flexibility index (Phi) is 47.3. The lowest BCUT2D eigenvalue weighted by Gasteiger charge is -2.40. The summed E-state index contributed by atoms with van der Waals surface area (Å²) in [6.45, 7) is 3.87. The molecular weight excluding hydrogens is 851 g/mol. The standard InChI is InChI=1S/C59H115NO8/c1-3-5-7-9-11-13-15-17-19-21-22-23-24-25-26-27-28-29-30-31-32-33-34-36-38-40-42-44-46-48-53(62)52(51-67-59-58(66)57(65)56(64)54(50-61)68-59)60-55(63)49-47-45-43-41-39-37-35-20-18-16-14-12-10-8-6-4-2/h20,35,52-54,56-59,61-62,64-66H,3-19,21-34,36-51H2,1-2H3,(H,60,63)/b35-20-. The number of carbonyl (C=O) groups excluding carboxylic acids is 1. The highest BCUT2D eigenvalue weighted by Gasteiger charge is 2.44. The lowest BCUT2D eigenvalue weighted by Crippen LogP contribution is -2.60. The molecule has 0 aromatic rings. The highest BCUT2D eigenvalue weighted by Crippen LogP contribution is 2.23. The van der Waals surface area contributed by atoms with E-state index in [9.17, 15) is 30.3 Å². The lowest BCUT2D eigenvalue weighted by atomic mass is 9.99. The largest absolute Gasteiger partial charge is 0.394 e. The third-order valence-corrected chi connectivity index (χ3v) is 14.6. The van der Waals surface area contributed by atoms with Gasteiger partial charge in [-0.25, -0.2) is 0 Å². The van der Waals surface area contributed by atoms with Crippen molar-refractivity contribution < 1.29 is 39.8 Å². The van der Waals surface area contributed by atoms with Crippen LogP contribution in [0.3, 0.4) is 0 Å². The number of rotatable bonds is 52. The van der Waals surface area contributed by atoms with Gasteiger partial charge in [0.25, 0.3) is 0 Å². The van der Waals surface area contributed by atoms with E-state index in [1.807, 2.05) is 0 Å². The second-order valence-electron chi connectivity index (χ2n) is 21.1. The Morgan fingerprint density at radius 1 is 0.485 bits per heavy atom. The average molecular weight is 967 g/mol. The fraction of sp³-hybridized carbons (Fsp3) is 0.949. The number of ether oxygens (including phenoxy) is 2. The SMILES string of the molecule is CCCCCCCCC/C=C\CCCCCCCC(=O)NC(COC1OC(CO)C(O)C(O)C1O)C(O)CCCCCCCCCCCCCCCCCCCCCCCCCCCCCCC. The first-order valence-electron chi connectivity index (χ1n) is 29.9. The normalized spacial score (nSPS) is 19.5. The number of unbranched alkanes of at least 4 members (excludes halogenated alkanes) is 40. The van der Waals surface area contributed by atoms with E-state index in [4.69, 9.17) is 9.47 Å². The summed E-state index contributed by atoms with van der Waals surface area (Å²) < 4.78 is 11.3. The zero-order valence-corrected chi connectivity index (χ0v) is 44.9. The highest BCUT2D eigenvalue weighted by molar-refractivity contribution is 5.76. The number of carbonyl (C=O) groups is 1. The van der Waals surface area contributed by atoms with Crippen LogP contribution in [0.1, 0.15) is 303 Å². The van der Waals surface area contributed by atoms with E-state index in [0.717, 1.165) is 51.4 Å². The molecule has 1 fully saturated rings. The van der Waals surface area contributed by atoms with Gasteiger partial charge in [-0.1, -0.05) is 270 Å². The predicted octanol–water partition coefficient (Wildman–Crippen LogP) is 14.8. The Balaban J connectivity index is 2.15. The van der Waals surface area contributed by atoms with Gasteiger partial charge in [0.05, 0.1) is 25.4 Å². The van der Waals surface area contributed by atoms with Gasteiger partial charge in [-0.15, -0.1) is 0 Å². The van der Waals surface area contributed by atoms with Gasteiger partial charge in [-0.05, 0) is 38.5 Å². The van der Waals surface area contributed by atoms with Crippen LogP contribution in [-0.2, 0) is 14.3 Å². The maximum absolute atomic E-state index is 13.0. The quantitative estimate of drug-likeness (QED) is 0.0261. The molecule has 0 radical (unpaired) electrons. The minimum absolute atomic E-state index is 0.137. The summed E-state index contributed by atoms with van der Waals surface area (Å²) in [4.78, 5) is 13.0. The smallest absolute Gasteiger partial charge is 0.220 e. The average Bonchev–Trinajstić information content (AvgIpc) is 3.34. The Labute approximate surface area is 420 Å². The molecular formula is C59H115NO8. The van der Waals surface area contributed by atoms with Gasteiger partial charge in [0.1, 0.15) is 24.4 Å². The molecule has 1 rings (SSSR count). The van der Waals surface area contributed by atoms with Crippen molar-refractivity contribution >= 4 is 5.91 Å². The monoisotopic (exact) mass is 966 g/mol. The first-order chi connectivity index (χ1) is 33.3. The van der Waals surface area contributed by atoms with Crippen molar-refractivity contribution in [2.75, 3.05) is 13.2 Å². The number of aliphatic hydroxyl groups is 5. The maximum Gasteiger partial charge on any atom is 0.220 e. The summed E-state index contributed by atoms with van der Waals surface area (Å²) in [5, 5.41) is 54.7. The molecule has 7 unspecified atom stereocenters. The molecule has 0 aliphatic carbocycles.